The summed E-state index contributed by atoms with van der Waals surface area (Å²) in [4.78, 5) is 0. The molecule has 2 unspecified atom stereocenters. The third kappa shape index (κ3) is 6.55. The maximum atomic E-state index is 9.43. The molecule has 1 nitrogen and oxygen atoms in total. The van der Waals surface area contributed by atoms with Crippen LogP contribution in [0.15, 0.2) is 12.2 Å². The van der Waals surface area contributed by atoms with Gasteiger partial charge in [0.1, 0.15) is 0 Å². The van der Waals surface area contributed by atoms with E-state index in [0.29, 0.717) is 18.4 Å². The lowest BCUT2D eigenvalue weighted by Crippen LogP contribution is -2.20. The summed E-state index contributed by atoms with van der Waals surface area (Å²) in [5.74, 6) is 2.77. The van der Waals surface area contributed by atoms with Crippen LogP contribution in [0.5, 0.6) is 0 Å². The maximum Gasteiger partial charge on any atom is 0.0461 e. The predicted octanol–water partition coefficient (Wildman–Crippen LogP) is 5.97. The maximum absolute atomic E-state index is 9.43. The molecule has 0 radical (unpaired) electrons. The van der Waals surface area contributed by atoms with Crippen LogP contribution in [0.2, 0.25) is 0 Å². The molecular formula is C20H38O. The van der Waals surface area contributed by atoms with Crippen molar-refractivity contribution < 1.29 is 5.11 Å². The third-order valence-electron chi connectivity index (χ3n) is 5.79. The fraction of sp³-hybridized carbons (Fsp3) is 0.900. The molecule has 0 saturated heterocycles. The van der Waals surface area contributed by atoms with Gasteiger partial charge < -0.3 is 5.11 Å². The van der Waals surface area contributed by atoms with E-state index >= 15 is 0 Å². The highest BCUT2D eigenvalue weighted by atomic mass is 16.3. The highest BCUT2D eigenvalue weighted by molar-refractivity contribution is 5.03. The number of hydrogen-bond donors (Lipinski definition) is 1. The van der Waals surface area contributed by atoms with Gasteiger partial charge in [-0.3, -0.25) is 0 Å². The van der Waals surface area contributed by atoms with Crippen LogP contribution in [0.3, 0.4) is 0 Å². The van der Waals surface area contributed by atoms with Gasteiger partial charge in [0, 0.05) is 6.61 Å². The van der Waals surface area contributed by atoms with Crippen molar-refractivity contribution in [2.45, 2.75) is 85.0 Å². The van der Waals surface area contributed by atoms with Gasteiger partial charge in [-0.15, -0.1) is 0 Å². The molecule has 0 spiro atoms. The fourth-order valence-corrected chi connectivity index (χ4v) is 4.00. The van der Waals surface area contributed by atoms with Crippen molar-refractivity contribution in [1.29, 1.82) is 0 Å². The standard InChI is InChI=1S/C20H38O/c1-5-7-8-9-18-10-12-20(13-11-18)17(4)14-16(3)19(6-2)15-21/h16,18-21H,4-15H2,1-3H3. The van der Waals surface area contributed by atoms with E-state index < -0.39 is 0 Å². The monoisotopic (exact) mass is 294 g/mol. The lowest BCUT2D eigenvalue weighted by molar-refractivity contribution is 0.174. The Hall–Kier alpha value is -0.300. The normalized spacial score (nSPS) is 25.5. The molecule has 1 heteroatoms. The van der Waals surface area contributed by atoms with E-state index in [1.165, 1.54) is 56.9 Å². The lowest BCUT2D eigenvalue weighted by atomic mass is 9.74. The van der Waals surface area contributed by atoms with Gasteiger partial charge in [0.15, 0.2) is 0 Å². The van der Waals surface area contributed by atoms with E-state index in [4.69, 9.17) is 0 Å². The van der Waals surface area contributed by atoms with Crippen molar-refractivity contribution in [1.82, 2.24) is 0 Å². The van der Waals surface area contributed by atoms with Crippen molar-refractivity contribution >= 4 is 0 Å². The van der Waals surface area contributed by atoms with E-state index in [1.54, 1.807) is 0 Å². The van der Waals surface area contributed by atoms with E-state index in [0.717, 1.165) is 24.7 Å². The highest BCUT2D eigenvalue weighted by Crippen LogP contribution is 2.37. The minimum Gasteiger partial charge on any atom is -0.396 e. The Kier molecular flexibility index (Phi) is 9.31. The molecule has 0 aromatic carbocycles. The van der Waals surface area contributed by atoms with Crippen LogP contribution in [0.4, 0.5) is 0 Å². The predicted molar refractivity (Wildman–Crippen MR) is 93.4 cm³/mol. The number of unbranched alkanes of at least 4 members (excludes halogenated alkanes) is 2. The van der Waals surface area contributed by atoms with Crippen LogP contribution in [0.1, 0.15) is 85.0 Å². The zero-order valence-corrected chi connectivity index (χ0v) is 14.7. The molecule has 21 heavy (non-hydrogen) atoms. The Morgan fingerprint density at radius 1 is 1.14 bits per heavy atom. The highest BCUT2D eigenvalue weighted by Gasteiger charge is 2.24. The molecule has 1 aliphatic carbocycles. The second kappa shape index (κ2) is 10.4. The van der Waals surface area contributed by atoms with Gasteiger partial charge in [-0.25, -0.2) is 0 Å². The van der Waals surface area contributed by atoms with E-state index in [-0.39, 0.29) is 0 Å². The Labute approximate surface area is 133 Å². The second-order valence-corrected chi connectivity index (χ2v) is 7.40. The molecule has 1 aliphatic rings. The summed E-state index contributed by atoms with van der Waals surface area (Å²) in [5.41, 5.74) is 1.46. The van der Waals surface area contributed by atoms with Crippen LogP contribution in [0.25, 0.3) is 0 Å². The zero-order chi connectivity index (χ0) is 15.7. The average molecular weight is 295 g/mol. The van der Waals surface area contributed by atoms with Gasteiger partial charge in [-0.05, 0) is 55.8 Å². The molecule has 1 saturated carbocycles. The molecule has 0 aromatic heterocycles. The van der Waals surface area contributed by atoms with Crippen molar-refractivity contribution in [2.75, 3.05) is 6.61 Å². The van der Waals surface area contributed by atoms with Crippen LogP contribution in [0, 0.1) is 23.7 Å². The van der Waals surface area contributed by atoms with E-state index in [9.17, 15) is 5.11 Å². The van der Waals surface area contributed by atoms with Crippen molar-refractivity contribution in [2.24, 2.45) is 23.7 Å². The Bertz CT molecular complexity index is 272. The summed E-state index contributed by atoms with van der Waals surface area (Å²) in [7, 11) is 0. The first-order chi connectivity index (χ1) is 10.1. The summed E-state index contributed by atoms with van der Waals surface area (Å²) >= 11 is 0. The van der Waals surface area contributed by atoms with Gasteiger partial charge >= 0.3 is 0 Å². The van der Waals surface area contributed by atoms with Crippen LogP contribution in [-0.2, 0) is 0 Å². The summed E-state index contributed by atoms with van der Waals surface area (Å²) in [5, 5.41) is 9.43. The molecule has 124 valence electrons. The number of aliphatic hydroxyl groups is 1. The number of allylic oxidation sites excluding steroid dienone is 1. The quantitative estimate of drug-likeness (QED) is 0.388. The Balaban J connectivity index is 2.28. The van der Waals surface area contributed by atoms with Crippen molar-refractivity contribution in [3.63, 3.8) is 0 Å². The average Bonchev–Trinajstić information content (AvgIpc) is 2.49. The van der Waals surface area contributed by atoms with Gasteiger partial charge in [0.05, 0.1) is 0 Å². The fourth-order valence-electron chi connectivity index (χ4n) is 4.00. The molecule has 0 aliphatic heterocycles. The molecule has 0 amide bonds. The molecular weight excluding hydrogens is 256 g/mol. The van der Waals surface area contributed by atoms with Gasteiger partial charge in [0.25, 0.3) is 0 Å². The number of aliphatic hydroxyl groups excluding tert-OH is 1. The number of hydrogen-bond acceptors (Lipinski definition) is 1. The SMILES string of the molecule is C=C(CC(C)C(CC)CO)C1CCC(CCCCC)CC1. The van der Waals surface area contributed by atoms with Gasteiger partial charge in [0.2, 0.25) is 0 Å². The topological polar surface area (TPSA) is 20.2 Å². The van der Waals surface area contributed by atoms with Gasteiger partial charge in [-0.1, -0.05) is 65.0 Å². The third-order valence-corrected chi connectivity index (χ3v) is 5.79. The minimum absolute atomic E-state index is 0.328. The minimum atomic E-state index is 0.328. The second-order valence-electron chi connectivity index (χ2n) is 7.40. The molecule has 1 N–H and O–H groups in total. The first kappa shape index (κ1) is 18.7. The molecule has 0 heterocycles. The van der Waals surface area contributed by atoms with Crippen LogP contribution < -0.4 is 0 Å². The molecule has 1 fully saturated rings. The van der Waals surface area contributed by atoms with Crippen LogP contribution >= 0.6 is 0 Å². The molecule has 1 rings (SSSR count). The van der Waals surface area contributed by atoms with E-state index in [1.807, 2.05) is 0 Å². The molecule has 2 atom stereocenters. The molecule has 0 bridgehead atoms. The number of rotatable bonds is 10. The largest absolute Gasteiger partial charge is 0.396 e. The lowest BCUT2D eigenvalue weighted by Gasteiger charge is -2.32. The summed E-state index contributed by atoms with van der Waals surface area (Å²) < 4.78 is 0. The first-order valence-electron chi connectivity index (χ1n) is 9.40. The Morgan fingerprint density at radius 2 is 1.81 bits per heavy atom. The van der Waals surface area contributed by atoms with Crippen LogP contribution in [-0.4, -0.2) is 11.7 Å². The molecule has 0 aromatic rings. The summed E-state index contributed by atoms with van der Waals surface area (Å²) in [6.45, 7) is 11.5. The van der Waals surface area contributed by atoms with Gasteiger partial charge in [-0.2, -0.15) is 0 Å². The Morgan fingerprint density at radius 3 is 2.33 bits per heavy atom. The summed E-state index contributed by atoms with van der Waals surface area (Å²) in [6, 6.07) is 0. The van der Waals surface area contributed by atoms with E-state index in [2.05, 4.69) is 27.4 Å². The zero-order valence-electron chi connectivity index (χ0n) is 14.7. The van der Waals surface area contributed by atoms with Crippen molar-refractivity contribution in [3.8, 4) is 0 Å². The smallest absolute Gasteiger partial charge is 0.0461 e. The van der Waals surface area contributed by atoms with Crippen molar-refractivity contribution in [3.05, 3.63) is 12.2 Å². The summed E-state index contributed by atoms with van der Waals surface area (Å²) in [6.07, 6.45) is 13.4. The first-order valence-corrected chi connectivity index (χ1v) is 9.40.